The smallest absolute Gasteiger partial charge is 0.150 e. The van der Waals surface area contributed by atoms with Crippen molar-refractivity contribution in [1.29, 1.82) is 10.5 Å². The standard InChI is InChI=1S/C31H28ClN9/c1-30(2,3)18-37-27-20(13-33)15-36-28-24(27)11-21(12-25(28)32)38-29(23-6-4-5-19-14-35-10-7-22(19)23)26-16-41(40-39-26)31(17-34)8-9-31/h4-7,10-12,14-16,29,38H,8-9,18H2,1-3H3,(H,36,37)/t29-/m0/s1. The maximum absolute atomic E-state index is 9.86. The Hall–Kier alpha value is -4.73. The van der Waals surface area contributed by atoms with Gasteiger partial charge >= 0.3 is 0 Å². The van der Waals surface area contributed by atoms with Crippen LogP contribution in [0.25, 0.3) is 21.7 Å². The van der Waals surface area contributed by atoms with Gasteiger partial charge in [0.25, 0.3) is 0 Å². The molecule has 1 atom stereocenters. The summed E-state index contributed by atoms with van der Waals surface area (Å²) < 4.78 is 1.68. The molecule has 0 aliphatic heterocycles. The van der Waals surface area contributed by atoms with Crippen LogP contribution in [-0.4, -0.2) is 31.5 Å². The second-order valence-corrected chi connectivity index (χ2v) is 12.1. The Kier molecular flexibility index (Phi) is 6.48. The fourth-order valence-electron chi connectivity index (χ4n) is 4.98. The first-order valence-electron chi connectivity index (χ1n) is 13.4. The molecule has 2 N–H and O–H groups in total. The van der Waals surface area contributed by atoms with E-state index in [4.69, 9.17) is 11.6 Å². The number of nitrogens with zero attached hydrogens (tertiary/aromatic N) is 7. The maximum Gasteiger partial charge on any atom is 0.150 e. The Labute approximate surface area is 242 Å². The fraction of sp³-hybridized carbons (Fsp3) is 0.290. The molecule has 1 aliphatic rings. The van der Waals surface area contributed by atoms with Crippen molar-refractivity contribution in [3.8, 4) is 12.1 Å². The molecule has 1 aliphatic carbocycles. The van der Waals surface area contributed by atoms with Gasteiger partial charge in [-0.1, -0.05) is 55.8 Å². The molecule has 204 valence electrons. The predicted octanol–water partition coefficient (Wildman–Crippen LogP) is 6.57. The number of pyridine rings is 2. The summed E-state index contributed by atoms with van der Waals surface area (Å²) in [5.74, 6) is 0. The number of benzene rings is 2. The monoisotopic (exact) mass is 561 g/mol. The third-order valence-corrected chi connectivity index (χ3v) is 7.64. The average Bonchev–Trinajstić information content (AvgIpc) is 3.61. The molecule has 3 aromatic heterocycles. The summed E-state index contributed by atoms with van der Waals surface area (Å²) in [7, 11) is 0. The van der Waals surface area contributed by atoms with Gasteiger partial charge in [0.05, 0.1) is 40.1 Å². The van der Waals surface area contributed by atoms with Crippen LogP contribution in [0.4, 0.5) is 11.4 Å². The van der Waals surface area contributed by atoms with Crippen molar-refractivity contribution in [1.82, 2.24) is 25.0 Å². The zero-order valence-corrected chi connectivity index (χ0v) is 23.7. The van der Waals surface area contributed by atoms with Crippen molar-refractivity contribution in [3.05, 3.63) is 83.0 Å². The minimum Gasteiger partial charge on any atom is -0.383 e. The molecule has 0 amide bonds. The van der Waals surface area contributed by atoms with E-state index in [2.05, 4.69) is 63.8 Å². The number of anilines is 2. The molecule has 6 rings (SSSR count). The van der Waals surface area contributed by atoms with Crippen LogP contribution >= 0.6 is 11.6 Å². The second-order valence-electron chi connectivity index (χ2n) is 11.7. The highest BCUT2D eigenvalue weighted by molar-refractivity contribution is 6.35. The van der Waals surface area contributed by atoms with E-state index in [0.717, 1.165) is 40.3 Å². The summed E-state index contributed by atoms with van der Waals surface area (Å²) in [6.07, 6.45) is 8.51. The molecule has 5 aromatic rings. The lowest BCUT2D eigenvalue weighted by Gasteiger charge is -2.23. The van der Waals surface area contributed by atoms with Crippen LogP contribution in [0.5, 0.6) is 0 Å². The quantitative estimate of drug-likeness (QED) is 0.228. The lowest BCUT2D eigenvalue weighted by molar-refractivity contribution is 0.443. The molecule has 0 bridgehead atoms. The topological polar surface area (TPSA) is 128 Å². The summed E-state index contributed by atoms with van der Waals surface area (Å²) in [6, 6.07) is 16.0. The minimum absolute atomic E-state index is 0.00946. The van der Waals surface area contributed by atoms with Gasteiger partial charge in [-0.15, -0.1) is 5.10 Å². The van der Waals surface area contributed by atoms with Crippen molar-refractivity contribution in [2.75, 3.05) is 17.2 Å². The van der Waals surface area contributed by atoms with Gasteiger partial charge in [-0.05, 0) is 47.4 Å². The van der Waals surface area contributed by atoms with Crippen molar-refractivity contribution >= 4 is 44.7 Å². The van der Waals surface area contributed by atoms with Gasteiger partial charge in [-0.3, -0.25) is 9.97 Å². The molecule has 9 nitrogen and oxygen atoms in total. The summed E-state index contributed by atoms with van der Waals surface area (Å²) in [5, 5.41) is 38.8. The van der Waals surface area contributed by atoms with Gasteiger partial charge in [0, 0.05) is 41.6 Å². The van der Waals surface area contributed by atoms with E-state index in [1.165, 1.54) is 0 Å². The van der Waals surface area contributed by atoms with E-state index in [-0.39, 0.29) is 5.41 Å². The summed E-state index contributed by atoms with van der Waals surface area (Å²) in [6.45, 7) is 7.05. The number of hydrogen-bond acceptors (Lipinski definition) is 8. The van der Waals surface area contributed by atoms with Crippen molar-refractivity contribution in [2.24, 2.45) is 5.41 Å². The number of aromatic nitrogens is 5. The van der Waals surface area contributed by atoms with E-state index in [1.807, 2.05) is 48.8 Å². The third kappa shape index (κ3) is 5.01. The number of fused-ring (bicyclic) bond motifs is 2. The van der Waals surface area contributed by atoms with Gasteiger partial charge in [0.15, 0.2) is 5.54 Å². The average molecular weight is 562 g/mol. The highest BCUT2D eigenvalue weighted by Crippen LogP contribution is 2.43. The maximum atomic E-state index is 9.86. The van der Waals surface area contributed by atoms with Gasteiger partial charge in [-0.25, -0.2) is 4.68 Å². The van der Waals surface area contributed by atoms with Gasteiger partial charge < -0.3 is 10.6 Å². The highest BCUT2D eigenvalue weighted by Gasteiger charge is 2.47. The van der Waals surface area contributed by atoms with Crippen LogP contribution in [0.3, 0.4) is 0 Å². The van der Waals surface area contributed by atoms with Gasteiger partial charge in [0.1, 0.15) is 11.8 Å². The molecular weight excluding hydrogens is 534 g/mol. The minimum atomic E-state index is -0.627. The summed E-state index contributed by atoms with van der Waals surface area (Å²) in [4.78, 5) is 8.78. The Morgan fingerprint density at radius 2 is 1.95 bits per heavy atom. The molecular formula is C31H28ClN9. The molecule has 2 aromatic carbocycles. The van der Waals surface area contributed by atoms with E-state index < -0.39 is 11.6 Å². The van der Waals surface area contributed by atoms with Crippen LogP contribution in [-0.2, 0) is 5.54 Å². The molecule has 1 fully saturated rings. The van der Waals surface area contributed by atoms with Crippen LogP contribution in [0, 0.1) is 28.1 Å². The second kappa shape index (κ2) is 10.0. The zero-order valence-electron chi connectivity index (χ0n) is 23.0. The normalized spacial score (nSPS) is 14.8. The Morgan fingerprint density at radius 3 is 2.68 bits per heavy atom. The third-order valence-electron chi connectivity index (χ3n) is 7.35. The van der Waals surface area contributed by atoms with Crippen molar-refractivity contribution in [2.45, 2.75) is 45.2 Å². The molecule has 1 saturated carbocycles. The number of nitrogens with one attached hydrogen (secondary N) is 2. The van der Waals surface area contributed by atoms with E-state index in [1.54, 1.807) is 17.1 Å². The largest absolute Gasteiger partial charge is 0.383 e. The SMILES string of the molecule is CC(C)(C)CNc1c(C#N)cnc2c(Cl)cc(N[C@H](c3cn(C4(C#N)CC4)nn3)c3cccc4cnccc34)cc12. The molecule has 0 unspecified atom stereocenters. The van der Waals surface area contributed by atoms with Gasteiger partial charge in [0.2, 0.25) is 0 Å². The zero-order chi connectivity index (χ0) is 28.8. The Bertz CT molecular complexity index is 1860. The van der Waals surface area contributed by atoms with Crippen LogP contribution < -0.4 is 10.6 Å². The Morgan fingerprint density at radius 1 is 1.12 bits per heavy atom. The number of hydrogen-bond donors (Lipinski definition) is 2. The first kappa shape index (κ1) is 26.5. The Balaban J connectivity index is 1.49. The van der Waals surface area contributed by atoms with Crippen LogP contribution in [0.2, 0.25) is 5.02 Å². The lowest BCUT2D eigenvalue weighted by atomic mass is 9.96. The van der Waals surface area contributed by atoms with Crippen LogP contribution in [0.1, 0.15) is 56.5 Å². The van der Waals surface area contributed by atoms with E-state index in [9.17, 15) is 10.5 Å². The summed E-state index contributed by atoms with van der Waals surface area (Å²) >= 11 is 6.79. The molecule has 0 radical (unpaired) electrons. The molecule has 10 heteroatoms. The summed E-state index contributed by atoms with van der Waals surface area (Å²) in [5.41, 5.74) is 3.49. The fourth-order valence-corrected chi connectivity index (χ4v) is 5.25. The first-order valence-corrected chi connectivity index (χ1v) is 13.8. The number of halogens is 1. The molecule has 0 saturated heterocycles. The van der Waals surface area contributed by atoms with E-state index >= 15 is 0 Å². The van der Waals surface area contributed by atoms with E-state index in [0.29, 0.717) is 34.0 Å². The molecule has 41 heavy (non-hydrogen) atoms. The van der Waals surface area contributed by atoms with Crippen molar-refractivity contribution < 1.29 is 0 Å². The molecule has 0 spiro atoms. The first-order chi connectivity index (χ1) is 19.7. The van der Waals surface area contributed by atoms with Gasteiger partial charge in [-0.2, -0.15) is 10.5 Å². The predicted molar refractivity (Wildman–Crippen MR) is 159 cm³/mol. The highest BCUT2D eigenvalue weighted by atomic mass is 35.5. The van der Waals surface area contributed by atoms with Crippen molar-refractivity contribution in [3.63, 3.8) is 0 Å². The molecule has 3 heterocycles. The lowest BCUT2D eigenvalue weighted by Crippen LogP contribution is -2.20. The van der Waals surface area contributed by atoms with Crippen LogP contribution in [0.15, 0.2) is 61.2 Å². The number of rotatable bonds is 7. The number of nitriles is 2.